The minimum absolute atomic E-state index is 0.354. The lowest BCUT2D eigenvalue weighted by atomic mass is 10.0. The Kier molecular flexibility index (Phi) is 4.93. The summed E-state index contributed by atoms with van der Waals surface area (Å²) in [4.78, 5) is 15.8. The van der Waals surface area contributed by atoms with Crippen molar-refractivity contribution in [2.75, 3.05) is 11.9 Å². The number of pyridine rings is 1. The van der Waals surface area contributed by atoms with Crippen molar-refractivity contribution in [1.29, 1.82) is 0 Å². The Morgan fingerprint density at radius 3 is 2.76 bits per heavy atom. The predicted octanol–water partition coefficient (Wildman–Crippen LogP) is 4.13. The number of hydrogen-bond acceptors (Lipinski definition) is 4. The van der Waals surface area contributed by atoms with E-state index in [9.17, 15) is 4.79 Å². The highest BCUT2D eigenvalue weighted by Crippen LogP contribution is 2.26. The van der Waals surface area contributed by atoms with Crippen LogP contribution in [0.2, 0.25) is 0 Å². The number of hydrogen-bond donors (Lipinski definition) is 1. The third-order valence-corrected chi connectivity index (χ3v) is 3.11. The van der Waals surface area contributed by atoms with Gasteiger partial charge in [0.2, 0.25) is 0 Å². The molecular weight excluding hydrogens is 264 g/mol. The first-order valence-corrected chi connectivity index (χ1v) is 7.10. The molecule has 110 valence electrons. The Morgan fingerprint density at radius 2 is 2.05 bits per heavy atom. The van der Waals surface area contributed by atoms with E-state index in [1.807, 2.05) is 18.2 Å². The molecular formula is C17H20N2O2. The summed E-state index contributed by atoms with van der Waals surface area (Å²) in [6.07, 6.45) is 3.21. The van der Waals surface area contributed by atoms with Gasteiger partial charge in [-0.05, 0) is 30.5 Å². The van der Waals surface area contributed by atoms with Crippen molar-refractivity contribution in [3.63, 3.8) is 0 Å². The Morgan fingerprint density at radius 1 is 1.29 bits per heavy atom. The molecule has 0 aliphatic rings. The molecule has 0 radical (unpaired) electrons. The van der Waals surface area contributed by atoms with Gasteiger partial charge in [-0.2, -0.15) is 0 Å². The Hall–Kier alpha value is -2.36. The molecule has 0 unspecified atom stereocenters. The van der Waals surface area contributed by atoms with E-state index in [-0.39, 0.29) is 5.97 Å². The number of anilines is 2. The summed E-state index contributed by atoms with van der Waals surface area (Å²) in [6.45, 7) is 6.43. The summed E-state index contributed by atoms with van der Waals surface area (Å²) >= 11 is 0. The van der Waals surface area contributed by atoms with Crippen LogP contribution >= 0.6 is 0 Å². The van der Waals surface area contributed by atoms with Crippen molar-refractivity contribution in [2.45, 2.75) is 26.7 Å². The molecule has 4 nitrogen and oxygen atoms in total. The summed E-state index contributed by atoms with van der Waals surface area (Å²) in [5.41, 5.74) is 3.46. The molecule has 0 amide bonds. The van der Waals surface area contributed by atoms with Crippen LogP contribution in [0.3, 0.4) is 0 Å². The molecule has 0 spiro atoms. The van der Waals surface area contributed by atoms with Gasteiger partial charge in [0, 0.05) is 11.9 Å². The maximum Gasteiger partial charge on any atom is 0.339 e. The second-order valence-electron chi connectivity index (χ2n) is 5.05. The lowest BCUT2D eigenvalue weighted by Gasteiger charge is -2.14. The van der Waals surface area contributed by atoms with E-state index in [0.29, 0.717) is 18.1 Å². The number of carbonyl (C=O) groups excluding carboxylic acids is 1. The van der Waals surface area contributed by atoms with E-state index < -0.39 is 0 Å². The van der Waals surface area contributed by atoms with Crippen molar-refractivity contribution in [3.8, 4) is 0 Å². The highest BCUT2D eigenvalue weighted by Gasteiger charge is 2.09. The molecule has 0 atom stereocenters. The molecule has 2 rings (SSSR count). The molecule has 0 fully saturated rings. The van der Waals surface area contributed by atoms with Gasteiger partial charge in [0.25, 0.3) is 0 Å². The van der Waals surface area contributed by atoms with E-state index in [1.165, 1.54) is 11.8 Å². The standard InChI is InChI=1S/C17H20N2O2/c1-4-21-17(20)13-9-14(11-18-10-13)19-16-8-6-5-7-15(16)12(2)3/h5-12,19H,4H2,1-3H3. The van der Waals surface area contributed by atoms with E-state index in [2.05, 4.69) is 30.2 Å². The normalized spacial score (nSPS) is 10.5. The fourth-order valence-electron chi connectivity index (χ4n) is 2.10. The van der Waals surface area contributed by atoms with E-state index >= 15 is 0 Å². The SMILES string of the molecule is CCOC(=O)c1cncc(Nc2ccccc2C(C)C)c1. The zero-order valence-electron chi connectivity index (χ0n) is 12.6. The van der Waals surface area contributed by atoms with Crippen LogP contribution in [0.25, 0.3) is 0 Å². The molecule has 21 heavy (non-hydrogen) atoms. The van der Waals surface area contributed by atoms with Crippen LogP contribution in [0.1, 0.15) is 42.6 Å². The molecule has 1 N–H and O–H groups in total. The van der Waals surface area contributed by atoms with Gasteiger partial charge < -0.3 is 10.1 Å². The molecule has 4 heteroatoms. The average molecular weight is 284 g/mol. The molecule has 1 aromatic carbocycles. The minimum atomic E-state index is -0.356. The van der Waals surface area contributed by atoms with Gasteiger partial charge in [-0.3, -0.25) is 4.98 Å². The molecule has 0 bridgehead atoms. The van der Waals surface area contributed by atoms with Crippen LogP contribution in [-0.4, -0.2) is 17.6 Å². The van der Waals surface area contributed by atoms with E-state index in [0.717, 1.165) is 11.4 Å². The van der Waals surface area contributed by atoms with Gasteiger partial charge in [-0.15, -0.1) is 0 Å². The zero-order chi connectivity index (χ0) is 15.2. The number of carbonyl (C=O) groups is 1. The van der Waals surface area contributed by atoms with Crippen molar-refractivity contribution >= 4 is 17.3 Å². The second-order valence-corrected chi connectivity index (χ2v) is 5.05. The fourth-order valence-corrected chi connectivity index (χ4v) is 2.10. The molecule has 1 aromatic heterocycles. The number of nitrogens with zero attached hydrogens (tertiary/aromatic N) is 1. The first kappa shape index (κ1) is 15.0. The quantitative estimate of drug-likeness (QED) is 0.839. The van der Waals surface area contributed by atoms with Gasteiger partial charge in [-0.25, -0.2) is 4.79 Å². The maximum atomic E-state index is 11.7. The first-order chi connectivity index (χ1) is 10.1. The van der Waals surface area contributed by atoms with Crippen molar-refractivity contribution < 1.29 is 9.53 Å². The van der Waals surface area contributed by atoms with Gasteiger partial charge in [0.15, 0.2) is 0 Å². The van der Waals surface area contributed by atoms with Gasteiger partial charge in [0.05, 0.1) is 24.1 Å². The van der Waals surface area contributed by atoms with Crippen molar-refractivity contribution in [2.24, 2.45) is 0 Å². The molecule has 0 aliphatic carbocycles. The number of nitrogens with one attached hydrogen (secondary N) is 1. The van der Waals surface area contributed by atoms with E-state index in [4.69, 9.17) is 4.74 Å². The smallest absolute Gasteiger partial charge is 0.339 e. The van der Waals surface area contributed by atoms with Crippen molar-refractivity contribution in [3.05, 3.63) is 53.9 Å². The maximum absolute atomic E-state index is 11.7. The first-order valence-electron chi connectivity index (χ1n) is 7.10. The minimum Gasteiger partial charge on any atom is -0.462 e. The van der Waals surface area contributed by atoms with Gasteiger partial charge in [0.1, 0.15) is 0 Å². The number of rotatable bonds is 5. The molecule has 1 heterocycles. The largest absolute Gasteiger partial charge is 0.462 e. The van der Waals surface area contributed by atoms with Crippen LogP contribution < -0.4 is 5.32 Å². The Balaban J connectivity index is 2.24. The van der Waals surface area contributed by atoms with Gasteiger partial charge >= 0.3 is 5.97 Å². The molecule has 0 aliphatic heterocycles. The van der Waals surface area contributed by atoms with Crippen LogP contribution in [0.4, 0.5) is 11.4 Å². The highest BCUT2D eigenvalue weighted by atomic mass is 16.5. The number of esters is 1. The summed E-state index contributed by atoms with van der Waals surface area (Å²) in [5, 5.41) is 3.32. The van der Waals surface area contributed by atoms with Gasteiger partial charge in [-0.1, -0.05) is 32.0 Å². The fraction of sp³-hybridized carbons (Fsp3) is 0.294. The lowest BCUT2D eigenvalue weighted by Crippen LogP contribution is -2.06. The number of ether oxygens (including phenoxy) is 1. The van der Waals surface area contributed by atoms with Crippen LogP contribution in [-0.2, 0) is 4.74 Å². The average Bonchev–Trinajstić information content (AvgIpc) is 2.48. The second kappa shape index (κ2) is 6.88. The summed E-state index contributed by atoms with van der Waals surface area (Å²) in [6, 6.07) is 9.87. The Bertz CT molecular complexity index is 624. The number of para-hydroxylation sites is 1. The van der Waals surface area contributed by atoms with Crippen LogP contribution in [0, 0.1) is 0 Å². The van der Waals surface area contributed by atoms with Crippen LogP contribution in [0.5, 0.6) is 0 Å². The Labute approximate surface area is 125 Å². The summed E-state index contributed by atoms with van der Waals surface area (Å²) in [7, 11) is 0. The highest BCUT2D eigenvalue weighted by molar-refractivity contribution is 5.90. The zero-order valence-corrected chi connectivity index (χ0v) is 12.6. The molecule has 2 aromatic rings. The van der Waals surface area contributed by atoms with Crippen molar-refractivity contribution in [1.82, 2.24) is 4.98 Å². The summed E-state index contributed by atoms with van der Waals surface area (Å²) < 4.78 is 4.99. The lowest BCUT2D eigenvalue weighted by molar-refractivity contribution is 0.0526. The number of aromatic nitrogens is 1. The monoisotopic (exact) mass is 284 g/mol. The molecule has 0 saturated heterocycles. The number of benzene rings is 1. The topological polar surface area (TPSA) is 51.2 Å². The third-order valence-electron chi connectivity index (χ3n) is 3.11. The summed E-state index contributed by atoms with van der Waals surface area (Å²) in [5.74, 6) is 0.0562. The molecule has 0 saturated carbocycles. The predicted molar refractivity (Wildman–Crippen MR) is 84.0 cm³/mol. The van der Waals surface area contributed by atoms with E-state index in [1.54, 1.807) is 19.2 Å². The third kappa shape index (κ3) is 3.81. The van der Waals surface area contributed by atoms with Crippen LogP contribution in [0.15, 0.2) is 42.7 Å².